The molecule has 2 aromatic rings. The molecule has 0 atom stereocenters. The Morgan fingerprint density at radius 1 is 1.09 bits per heavy atom. The summed E-state index contributed by atoms with van der Waals surface area (Å²) in [7, 11) is 0. The van der Waals surface area contributed by atoms with E-state index in [4.69, 9.17) is 4.74 Å². The van der Waals surface area contributed by atoms with Gasteiger partial charge < -0.3 is 4.74 Å². The minimum Gasteiger partial charge on any atom is -0.493 e. The number of benzene rings is 1. The zero-order chi connectivity index (χ0) is 17.3. The van der Waals surface area contributed by atoms with Crippen LogP contribution in [0.15, 0.2) is 24.3 Å². The maximum absolute atomic E-state index is 13.4. The quantitative estimate of drug-likeness (QED) is 0.786. The molecule has 23 heavy (non-hydrogen) atoms. The number of alkyl halides is 5. The Hall–Kier alpha value is -2.26. The fourth-order valence-electron chi connectivity index (χ4n) is 1.63. The average Bonchev–Trinajstić information content (AvgIpc) is 2.94. The van der Waals surface area contributed by atoms with Gasteiger partial charge in [-0.15, -0.1) is 5.10 Å². The number of hydrogen-bond donors (Lipinski definition) is 0. The molecule has 0 amide bonds. The zero-order valence-corrected chi connectivity index (χ0v) is 12.2. The molecule has 0 unspecified atom stereocenters. The Morgan fingerprint density at radius 2 is 1.70 bits per heavy atom. The van der Waals surface area contributed by atoms with Crippen LogP contribution in [0.25, 0.3) is 5.69 Å². The maximum Gasteiger partial charge on any atom is 0.461 e. The van der Waals surface area contributed by atoms with Gasteiger partial charge in [0.25, 0.3) is 0 Å². The first-order valence-corrected chi connectivity index (χ1v) is 6.59. The van der Waals surface area contributed by atoms with Crippen LogP contribution in [0.1, 0.15) is 19.7 Å². The average molecular weight is 336 g/mol. The summed E-state index contributed by atoms with van der Waals surface area (Å²) in [5.74, 6) is -6.02. The topological polar surface area (TPSA) is 52.8 Å². The highest BCUT2D eigenvalue weighted by Gasteiger charge is 2.62. The molecular formula is C13H13F5N4O. The second kappa shape index (κ2) is 6.09. The lowest BCUT2D eigenvalue weighted by molar-refractivity contribution is -0.293. The van der Waals surface area contributed by atoms with E-state index in [0.29, 0.717) is 17.0 Å². The van der Waals surface area contributed by atoms with Crippen molar-refractivity contribution in [3.63, 3.8) is 0 Å². The minimum absolute atomic E-state index is 0.0363. The summed E-state index contributed by atoms with van der Waals surface area (Å²) < 4.78 is 69.9. The van der Waals surface area contributed by atoms with Crippen LogP contribution in [-0.4, -0.2) is 33.0 Å². The van der Waals surface area contributed by atoms with Gasteiger partial charge in [0.05, 0.1) is 12.3 Å². The minimum atomic E-state index is -5.79. The summed E-state index contributed by atoms with van der Waals surface area (Å²) >= 11 is 0. The number of hydrogen-bond acceptors (Lipinski definition) is 4. The molecule has 0 N–H and O–H groups in total. The van der Waals surface area contributed by atoms with Crippen LogP contribution in [0.5, 0.6) is 5.75 Å². The van der Waals surface area contributed by atoms with E-state index in [0.717, 1.165) is 0 Å². The van der Waals surface area contributed by atoms with Crippen molar-refractivity contribution in [2.24, 2.45) is 5.92 Å². The van der Waals surface area contributed by atoms with Crippen LogP contribution in [0.2, 0.25) is 0 Å². The Balaban J connectivity index is 2.29. The van der Waals surface area contributed by atoms with Gasteiger partial charge in [-0.1, -0.05) is 13.8 Å². The van der Waals surface area contributed by atoms with E-state index in [9.17, 15) is 22.0 Å². The number of rotatable bonds is 5. The Kier molecular flexibility index (Phi) is 4.53. The highest BCUT2D eigenvalue weighted by Crippen LogP contribution is 2.43. The Morgan fingerprint density at radius 3 is 2.22 bits per heavy atom. The van der Waals surface area contributed by atoms with Gasteiger partial charge in [0.15, 0.2) is 0 Å². The van der Waals surface area contributed by atoms with Crippen molar-refractivity contribution in [2.45, 2.75) is 25.9 Å². The van der Waals surface area contributed by atoms with Gasteiger partial charge in [0, 0.05) is 0 Å². The fourth-order valence-corrected chi connectivity index (χ4v) is 1.63. The first kappa shape index (κ1) is 17.1. The molecule has 0 radical (unpaired) electrons. The molecule has 0 spiro atoms. The zero-order valence-electron chi connectivity index (χ0n) is 12.2. The van der Waals surface area contributed by atoms with Gasteiger partial charge >= 0.3 is 12.1 Å². The predicted molar refractivity (Wildman–Crippen MR) is 69.4 cm³/mol. The second-order valence-corrected chi connectivity index (χ2v) is 5.19. The fraction of sp³-hybridized carbons (Fsp3) is 0.462. The van der Waals surface area contributed by atoms with Crippen LogP contribution >= 0.6 is 0 Å². The number of tetrazole rings is 1. The Labute approximate surface area is 128 Å². The van der Waals surface area contributed by atoms with Crippen LogP contribution < -0.4 is 4.74 Å². The Bertz CT molecular complexity index is 651. The van der Waals surface area contributed by atoms with Crippen molar-refractivity contribution in [3.8, 4) is 11.4 Å². The number of aromatic nitrogens is 4. The number of ether oxygens (including phenoxy) is 1. The van der Waals surface area contributed by atoms with E-state index in [2.05, 4.69) is 15.5 Å². The molecule has 0 saturated heterocycles. The standard InChI is InChI=1S/C13H13F5N4O/c1-8(2)7-23-10-5-3-9(4-6-10)22-11(19-20-21-22)12(14,15)13(16,17)18/h3-6,8H,7H2,1-2H3. The largest absolute Gasteiger partial charge is 0.493 e. The predicted octanol–water partition coefficient (Wildman–Crippen LogP) is 3.35. The van der Waals surface area contributed by atoms with Gasteiger partial charge in [-0.3, -0.25) is 0 Å². The molecule has 2 rings (SSSR count). The summed E-state index contributed by atoms with van der Waals surface area (Å²) in [6, 6.07) is 5.47. The van der Waals surface area contributed by atoms with E-state index in [1.54, 1.807) is 0 Å². The van der Waals surface area contributed by atoms with Crippen molar-refractivity contribution in [2.75, 3.05) is 6.61 Å². The second-order valence-electron chi connectivity index (χ2n) is 5.19. The summed E-state index contributed by atoms with van der Waals surface area (Å²) in [6.45, 7) is 4.34. The van der Waals surface area contributed by atoms with Crippen LogP contribution in [0.3, 0.4) is 0 Å². The molecule has 5 nitrogen and oxygen atoms in total. The molecular weight excluding hydrogens is 323 g/mol. The van der Waals surface area contributed by atoms with Crippen molar-refractivity contribution in [1.29, 1.82) is 0 Å². The lowest BCUT2D eigenvalue weighted by Gasteiger charge is -2.18. The molecule has 0 fully saturated rings. The summed E-state index contributed by atoms with van der Waals surface area (Å²) in [5.41, 5.74) is -0.0363. The maximum atomic E-state index is 13.4. The molecule has 10 heteroatoms. The molecule has 126 valence electrons. The van der Waals surface area contributed by atoms with E-state index < -0.39 is 17.9 Å². The van der Waals surface area contributed by atoms with Crippen LogP contribution in [0.4, 0.5) is 22.0 Å². The van der Waals surface area contributed by atoms with Crippen molar-refractivity contribution < 1.29 is 26.7 Å². The van der Waals surface area contributed by atoms with Gasteiger partial charge in [-0.25, -0.2) is 0 Å². The highest BCUT2D eigenvalue weighted by molar-refractivity contribution is 5.37. The SMILES string of the molecule is CC(C)COc1ccc(-n2nnnc2C(F)(F)C(F)(F)F)cc1. The molecule has 0 aliphatic rings. The summed E-state index contributed by atoms with van der Waals surface area (Å²) in [6.07, 6.45) is -5.79. The summed E-state index contributed by atoms with van der Waals surface area (Å²) in [4.78, 5) is 0. The molecule has 0 bridgehead atoms. The van der Waals surface area contributed by atoms with Crippen LogP contribution in [0, 0.1) is 5.92 Å². The van der Waals surface area contributed by atoms with E-state index in [1.807, 2.05) is 13.8 Å². The van der Waals surface area contributed by atoms with E-state index in [-0.39, 0.29) is 11.6 Å². The highest BCUT2D eigenvalue weighted by atomic mass is 19.4. The molecule has 0 saturated carbocycles. The smallest absolute Gasteiger partial charge is 0.461 e. The van der Waals surface area contributed by atoms with Crippen molar-refractivity contribution in [3.05, 3.63) is 30.1 Å². The monoisotopic (exact) mass is 336 g/mol. The lowest BCUT2D eigenvalue weighted by Crippen LogP contribution is -2.36. The first-order chi connectivity index (χ1) is 10.6. The molecule has 0 aliphatic heterocycles. The third-order valence-electron chi connectivity index (χ3n) is 2.77. The van der Waals surface area contributed by atoms with Gasteiger partial charge in [-0.05, 0) is 40.6 Å². The van der Waals surface area contributed by atoms with Gasteiger partial charge in [0.1, 0.15) is 5.75 Å². The van der Waals surface area contributed by atoms with E-state index >= 15 is 0 Å². The van der Waals surface area contributed by atoms with Gasteiger partial charge in [0.2, 0.25) is 5.82 Å². The van der Waals surface area contributed by atoms with Gasteiger partial charge in [-0.2, -0.15) is 26.6 Å². The lowest BCUT2D eigenvalue weighted by atomic mass is 10.2. The molecule has 1 heterocycles. The van der Waals surface area contributed by atoms with Crippen LogP contribution in [-0.2, 0) is 5.92 Å². The molecule has 1 aromatic carbocycles. The van der Waals surface area contributed by atoms with E-state index in [1.165, 1.54) is 24.3 Å². The van der Waals surface area contributed by atoms with Crippen molar-refractivity contribution in [1.82, 2.24) is 20.2 Å². The summed E-state index contributed by atoms with van der Waals surface area (Å²) in [5, 5.41) is 8.93. The molecule has 0 aliphatic carbocycles. The van der Waals surface area contributed by atoms with Crippen molar-refractivity contribution >= 4 is 0 Å². The first-order valence-electron chi connectivity index (χ1n) is 6.59. The third kappa shape index (κ3) is 3.57. The number of nitrogens with zero attached hydrogens (tertiary/aromatic N) is 4. The molecule has 1 aromatic heterocycles. The number of halogens is 5. The normalized spacial score (nSPS) is 12.7. The third-order valence-corrected chi connectivity index (χ3v) is 2.77.